The Hall–Kier alpha value is -2.96. The number of pyridine rings is 2. The molecule has 140 valence electrons. The number of nitrogens with one attached hydrogen (secondary N) is 3. The monoisotopic (exact) mass is 366 g/mol. The first-order chi connectivity index (χ1) is 13.1. The Labute approximate surface area is 156 Å². The lowest BCUT2D eigenvalue weighted by Crippen LogP contribution is -2.29. The standard InChI is InChI=1S/C20H23N5O2/c1-12-8-9-16-23-18-15(20(27)25(16)11-12)10-14(19(26)21-2)17(24-18)22-13-6-4-3-5-7-13/h8-11,13H,3-7H2,1-2H3,(H,21,26)(H,22,24)/p+1. The second kappa shape index (κ2) is 6.98. The summed E-state index contributed by atoms with van der Waals surface area (Å²) in [4.78, 5) is 33.2. The number of hydrogen-bond acceptors (Lipinski definition) is 4. The quantitative estimate of drug-likeness (QED) is 0.695. The Balaban J connectivity index is 1.90. The van der Waals surface area contributed by atoms with E-state index in [1.807, 2.05) is 19.1 Å². The van der Waals surface area contributed by atoms with Gasteiger partial charge in [-0.2, -0.15) is 4.40 Å². The number of H-pyrrole nitrogens is 1. The number of fused-ring (bicyclic) bond motifs is 2. The number of carbonyl (C=O) groups excluding carboxylic acids is 1. The molecule has 27 heavy (non-hydrogen) atoms. The molecule has 1 aliphatic rings. The van der Waals surface area contributed by atoms with Crippen LogP contribution in [-0.4, -0.2) is 28.4 Å². The van der Waals surface area contributed by atoms with Gasteiger partial charge >= 0.3 is 5.56 Å². The molecule has 3 heterocycles. The molecule has 1 aliphatic carbocycles. The molecule has 3 aromatic rings. The van der Waals surface area contributed by atoms with Gasteiger partial charge in [0.25, 0.3) is 11.6 Å². The lowest BCUT2D eigenvalue weighted by molar-refractivity contribution is -0.319. The van der Waals surface area contributed by atoms with E-state index in [1.165, 1.54) is 19.3 Å². The molecule has 0 bridgehead atoms. The molecular weight excluding hydrogens is 342 g/mol. The third kappa shape index (κ3) is 3.25. The van der Waals surface area contributed by atoms with E-state index in [9.17, 15) is 9.59 Å². The lowest BCUT2D eigenvalue weighted by atomic mass is 9.95. The molecular formula is C20H24N5O2+. The third-order valence-corrected chi connectivity index (χ3v) is 5.23. The van der Waals surface area contributed by atoms with Crippen molar-refractivity contribution in [1.82, 2.24) is 14.7 Å². The van der Waals surface area contributed by atoms with Crippen molar-refractivity contribution in [2.75, 3.05) is 12.4 Å². The van der Waals surface area contributed by atoms with Crippen molar-refractivity contribution in [3.63, 3.8) is 0 Å². The molecule has 3 N–H and O–H groups in total. The molecule has 1 amide bonds. The van der Waals surface area contributed by atoms with Crippen LogP contribution in [0.1, 0.15) is 48.0 Å². The van der Waals surface area contributed by atoms with Gasteiger partial charge in [0.1, 0.15) is 10.9 Å². The lowest BCUT2D eigenvalue weighted by Gasteiger charge is -2.23. The molecule has 0 spiro atoms. The van der Waals surface area contributed by atoms with Crippen molar-refractivity contribution in [2.45, 2.75) is 45.1 Å². The Kier molecular flexibility index (Phi) is 4.51. The zero-order valence-corrected chi connectivity index (χ0v) is 15.6. The number of carbonyl (C=O) groups is 1. The fourth-order valence-corrected chi connectivity index (χ4v) is 3.76. The summed E-state index contributed by atoms with van der Waals surface area (Å²) in [6, 6.07) is 5.74. The van der Waals surface area contributed by atoms with Crippen LogP contribution >= 0.6 is 0 Å². The minimum atomic E-state index is -0.253. The molecule has 1 fully saturated rings. The van der Waals surface area contributed by atoms with Gasteiger partial charge in [0, 0.05) is 19.2 Å². The van der Waals surface area contributed by atoms with Gasteiger partial charge in [0.15, 0.2) is 0 Å². The molecule has 7 nitrogen and oxygen atoms in total. The number of aromatic amines is 1. The zero-order valence-electron chi connectivity index (χ0n) is 15.6. The number of aryl methyl sites for hydroxylation is 1. The van der Waals surface area contributed by atoms with E-state index >= 15 is 0 Å². The van der Waals surface area contributed by atoms with Crippen LogP contribution in [0.5, 0.6) is 0 Å². The Morgan fingerprint density at radius 3 is 2.78 bits per heavy atom. The maximum Gasteiger partial charge on any atom is 0.325 e. The van der Waals surface area contributed by atoms with Crippen molar-refractivity contribution in [3.05, 3.63) is 45.9 Å². The fraction of sp³-hybridized carbons (Fsp3) is 0.400. The molecule has 1 saturated carbocycles. The van der Waals surface area contributed by atoms with Crippen molar-refractivity contribution < 1.29 is 9.78 Å². The van der Waals surface area contributed by atoms with Gasteiger partial charge in [0.05, 0.1) is 6.20 Å². The molecule has 7 heteroatoms. The van der Waals surface area contributed by atoms with E-state index in [2.05, 4.69) is 20.6 Å². The van der Waals surface area contributed by atoms with Crippen LogP contribution in [0.15, 0.2) is 29.2 Å². The van der Waals surface area contributed by atoms with Crippen LogP contribution in [0.2, 0.25) is 0 Å². The summed E-state index contributed by atoms with van der Waals surface area (Å²) in [5, 5.41) is 6.48. The summed E-state index contributed by atoms with van der Waals surface area (Å²) in [7, 11) is 1.58. The Bertz CT molecular complexity index is 1080. The molecule has 0 radical (unpaired) electrons. The highest BCUT2D eigenvalue weighted by molar-refractivity contribution is 6.01. The van der Waals surface area contributed by atoms with Crippen LogP contribution in [0.4, 0.5) is 5.82 Å². The van der Waals surface area contributed by atoms with E-state index in [1.54, 1.807) is 23.7 Å². The highest BCUT2D eigenvalue weighted by Gasteiger charge is 2.24. The highest BCUT2D eigenvalue weighted by atomic mass is 16.1. The molecule has 0 aliphatic heterocycles. The van der Waals surface area contributed by atoms with Crippen LogP contribution in [0.25, 0.3) is 16.7 Å². The first kappa shape index (κ1) is 17.5. The average Bonchev–Trinajstić information content (AvgIpc) is 2.68. The normalized spacial score (nSPS) is 15.2. The van der Waals surface area contributed by atoms with Crippen LogP contribution in [-0.2, 0) is 0 Å². The van der Waals surface area contributed by atoms with Gasteiger partial charge in [-0.25, -0.2) is 9.78 Å². The second-order valence-corrected chi connectivity index (χ2v) is 7.23. The van der Waals surface area contributed by atoms with E-state index in [0.29, 0.717) is 34.1 Å². The van der Waals surface area contributed by atoms with E-state index in [-0.39, 0.29) is 11.5 Å². The predicted octanol–water partition coefficient (Wildman–Crippen LogP) is 2.07. The second-order valence-electron chi connectivity index (χ2n) is 7.23. The summed E-state index contributed by atoms with van der Waals surface area (Å²) in [6.45, 7) is 1.93. The van der Waals surface area contributed by atoms with E-state index < -0.39 is 0 Å². The average molecular weight is 366 g/mol. The SMILES string of the molecule is CNC(=O)c1cc2c(=O)n3cc(C)ccc3[nH+]c2nc1NC1CCCCC1. The summed E-state index contributed by atoms with van der Waals surface area (Å²) in [5.74, 6) is 0.275. The third-order valence-electron chi connectivity index (χ3n) is 5.23. The van der Waals surface area contributed by atoms with Gasteiger partial charge in [-0.05, 0) is 37.5 Å². The maximum atomic E-state index is 13.0. The zero-order chi connectivity index (χ0) is 19.0. The molecule has 0 atom stereocenters. The summed E-state index contributed by atoms with van der Waals surface area (Å²) >= 11 is 0. The predicted molar refractivity (Wildman–Crippen MR) is 104 cm³/mol. The first-order valence-corrected chi connectivity index (χ1v) is 9.44. The van der Waals surface area contributed by atoms with Gasteiger partial charge in [-0.15, -0.1) is 0 Å². The number of rotatable bonds is 3. The van der Waals surface area contributed by atoms with Crippen LogP contribution in [0, 0.1) is 6.92 Å². The number of aromatic nitrogens is 3. The molecule has 0 aromatic carbocycles. The number of hydrogen-bond donors (Lipinski definition) is 2. The first-order valence-electron chi connectivity index (χ1n) is 9.44. The van der Waals surface area contributed by atoms with E-state index in [4.69, 9.17) is 0 Å². The van der Waals surface area contributed by atoms with Crippen molar-refractivity contribution in [2.24, 2.45) is 0 Å². The molecule has 3 aromatic heterocycles. The highest BCUT2D eigenvalue weighted by Crippen LogP contribution is 2.24. The van der Waals surface area contributed by atoms with Gasteiger partial charge in [0.2, 0.25) is 11.5 Å². The Morgan fingerprint density at radius 2 is 2.04 bits per heavy atom. The van der Waals surface area contributed by atoms with Crippen LogP contribution in [0.3, 0.4) is 0 Å². The molecule has 0 unspecified atom stereocenters. The summed E-state index contributed by atoms with van der Waals surface area (Å²) in [5.41, 5.74) is 2.34. The van der Waals surface area contributed by atoms with Gasteiger partial charge in [-0.3, -0.25) is 4.79 Å². The van der Waals surface area contributed by atoms with Crippen molar-refractivity contribution >= 4 is 28.4 Å². The minimum Gasteiger partial charge on any atom is -0.355 e. The molecule has 0 saturated heterocycles. The summed E-state index contributed by atoms with van der Waals surface area (Å²) in [6.07, 6.45) is 7.52. The summed E-state index contributed by atoms with van der Waals surface area (Å²) < 4.78 is 1.56. The van der Waals surface area contributed by atoms with Crippen molar-refractivity contribution in [1.29, 1.82) is 0 Å². The number of amides is 1. The molecule has 4 rings (SSSR count). The fourth-order valence-electron chi connectivity index (χ4n) is 3.76. The van der Waals surface area contributed by atoms with Gasteiger partial charge in [-0.1, -0.05) is 24.2 Å². The Morgan fingerprint density at radius 1 is 1.26 bits per heavy atom. The largest absolute Gasteiger partial charge is 0.355 e. The maximum absolute atomic E-state index is 13.0. The smallest absolute Gasteiger partial charge is 0.325 e. The number of nitrogens with zero attached hydrogens (tertiary/aromatic N) is 2. The van der Waals surface area contributed by atoms with Crippen LogP contribution < -0.4 is 21.2 Å². The topological polar surface area (TPSA) is 89.6 Å². The minimum absolute atomic E-state index is 0.190. The van der Waals surface area contributed by atoms with E-state index in [0.717, 1.165) is 18.4 Å². The number of anilines is 1. The van der Waals surface area contributed by atoms with Gasteiger partial charge < -0.3 is 10.6 Å². The van der Waals surface area contributed by atoms with Crippen molar-refractivity contribution in [3.8, 4) is 0 Å².